The zero-order valence-corrected chi connectivity index (χ0v) is 17.7. The number of aromatic nitrogens is 1. The Balaban J connectivity index is 1.43. The summed E-state index contributed by atoms with van der Waals surface area (Å²) >= 11 is 0. The topological polar surface area (TPSA) is 88.7 Å². The van der Waals surface area contributed by atoms with Gasteiger partial charge in [-0.05, 0) is 17.5 Å². The number of anilines is 1. The molecule has 1 fully saturated rings. The fraction of sp³-hybridized carbons (Fsp3) is 0.333. The maximum atomic E-state index is 13.0. The number of carbonyl (C=O) groups is 2. The number of hydrogen-bond donors (Lipinski definition) is 3. The van der Waals surface area contributed by atoms with Crippen molar-refractivity contribution >= 4 is 28.7 Å². The molecular formula is C24H28N4O3. The molecule has 4 rings (SSSR count). The molecule has 1 saturated heterocycles. The van der Waals surface area contributed by atoms with E-state index in [2.05, 4.69) is 27.3 Å². The molecule has 0 saturated carbocycles. The van der Waals surface area contributed by atoms with Gasteiger partial charge in [0.15, 0.2) is 0 Å². The molecule has 2 amide bonds. The van der Waals surface area contributed by atoms with Gasteiger partial charge in [-0.1, -0.05) is 55.5 Å². The summed E-state index contributed by atoms with van der Waals surface area (Å²) in [7, 11) is 0. The Morgan fingerprint density at radius 2 is 1.71 bits per heavy atom. The quantitative estimate of drug-likeness (QED) is 0.560. The van der Waals surface area contributed by atoms with E-state index in [0.717, 1.165) is 36.1 Å². The van der Waals surface area contributed by atoms with Crippen LogP contribution in [0.4, 0.5) is 10.6 Å². The molecule has 1 unspecified atom stereocenters. The van der Waals surface area contributed by atoms with Crippen LogP contribution in [0.2, 0.25) is 0 Å². The molecule has 1 aliphatic heterocycles. The third kappa shape index (κ3) is 4.88. The van der Waals surface area contributed by atoms with Crippen molar-refractivity contribution in [2.75, 3.05) is 31.5 Å². The number of piperazine rings is 1. The fourth-order valence-corrected chi connectivity index (χ4v) is 4.27. The van der Waals surface area contributed by atoms with Crippen molar-refractivity contribution < 1.29 is 14.7 Å². The number of hydrogen-bond acceptors (Lipinski definition) is 3. The number of urea groups is 1. The van der Waals surface area contributed by atoms with E-state index in [9.17, 15) is 14.7 Å². The van der Waals surface area contributed by atoms with Gasteiger partial charge in [0.25, 0.3) is 0 Å². The summed E-state index contributed by atoms with van der Waals surface area (Å²) in [6, 6.07) is 17.9. The summed E-state index contributed by atoms with van der Waals surface area (Å²) in [5, 5.41) is 13.2. The molecule has 0 spiro atoms. The molecular weight excluding hydrogens is 392 g/mol. The summed E-state index contributed by atoms with van der Waals surface area (Å²) < 4.78 is 0. The van der Waals surface area contributed by atoms with Crippen LogP contribution in [-0.2, 0) is 11.3 Å². The molecule has 1 aliphatic rings. The zero-order valence-electron chi connectivity index (χ0n) is 17.7. The highest BCUT2D eigenvalue weighted by Crippen LogP contribution is 2.34. The SMILES string of the molecule is CC(CC(=O)O)c1c(NC(=O)N2CCN(Cc3ccccc3)CC2)[nH]c2ccccc12. The lowest BCUT2D eigenvalue weighted by atomic mass is 9.96. The normalized spacial score (nSPS) is 15.7. The Labute approximate surface area is 181 Å². The van der Waals surface area contributed by atoms with Crippen LogP contribution in [0.1, 0.15) is 30.4 Å². The van der Waals surface area contributed by atoms with Gasteiger partial charge < -0.3 is 15.0 Å². The molecule has 3 N–H and O–H groups in total. The smallest absolute Gasteiger partial charge is 0.323 e. The van der Waals surface area contributed by atoms with E-state index in [4.69, 9.17) is 0 Å². The summed E-state index contributed by atoms with van der Waals surface area (Å²) in [6.45, 7) is 5.70. The molecule has 7 nitrogen and oxygen atoms in total. The minimum atomic E-state index is -0.857. The number of amides is 2. The van der Waals surface area contributed by atoms with Crippen molar-refractivity contribution in [1.82, 2.24) is 14.8 Å². The first-order valence-corrected chi connectivity index (χ1v) is 10.7. The zero-order chi connectivity index (χ0) is 21.8. The van der Waals surface area contributed by atoms with Gasteiger partial charge >= 0.3 is 12.0 Å². The monoisotopic (exact) mass is 420 g/mol. The highest BCUT2D eigenvalue weighted by Gasteiger charge is 2.25. The average molecular weight is 421 g/mol. The van der Waals surface area contributed by atoms with E-state index >= 15 is 0 Å². The van der Waals surface area contributed by atoms with Crippen molar-refractivity contribution in [3.05, 3.63) is 65.7 Å². The number of carboxylic acid groups (broad SMARTS) is 1. The second kappa shape index (κ2) is 9.22. The number of carboxylic acids is 1. The van der Waals surface area contributed by atoms with Crippen LogP contribution in [0.15, 0.2) is 54.6 Å². The number of aliphatic carboxylic acids is 1. The fourth-order valence-electron chi connectivity index (χ4n) is 4.27. The van der Waals surface area contributed by atoms with Gasteiger partial charge in [-0.15, -0.1) is 0 Å². The third-order valence-electron chi connectivity index (χ3n) is 5.86. The Kier molecular flexibility index (Phi) is 6.23. The molecule has 0 aliphatic carbocycles. The molecule has 2 aromatic carbocycles. The lowest BCUT2D eigenvalue weighted by Crippen LogP contribution is -2.49. The number of H-pyrrole nitrogens is 1. The first-order valence-electron chi connectivity index (χ1n) is 10.7. The van der Waals surface area contributed by atoms with Gasteiger partial charge in [0, 0.05) is 49.2 Å². The van der Waals surface area contributed by atoms with E-state index in [1.807, 2.05) is 54.3 Å². The van der Waals surface area contributed by atoms with E-state index in [1.165, 1.54) is 5.56 Å². The van der Waals surface area contributed by atoms with Crippen LogP contribution in [0.3, 0.4) is 0 Å². The number of rotatable bonds is 6. The lowest BCUT2D eigenvalue weighted by Gasteiger charge is -2.34. The van der Waals surface area contributed by atoms with Gasteiger partial charge in [0.1, 0.15) is 5.82 Å². The van der Waals surface area contributed by atoms with E-state index < -0.39 is 5.97 Å². The first kappa shape index (κ1) is 20.9. The Bertz CT molecular complexity index is 1060. The van der Waals surface area contributed by atoms with Crippen LogP contribution in [0.5, 0.6) is 0 Å². The van der Waals surface area contributed by atoms with Crippen molar-refractivity contribution in [3.8, 4) is 0 Å². The minimum Gasteiger partial charge on any atom is -0.481 e. The molecule has 7 heteroatoms. The van der Waals surface area contributed by atoms with Gasteiger partial charge in [-0.3, -0.25) is 15.0 Å². The number of nitrogens with one attached hydrogen (secondary N) is 2. The van der Waals surface area contributed by atoms with Crippen molar-refractivity contribution in [2.45, 2.75) is 25.8 Å². The molecule has 162 valence electrons. The summed E-state index contributed by atoms with van der Waals surface area (Å²) in [4.78, 5) is 31.7. The van der Waals surface area contributed by atoms with Crippen LogP contribution >= 0.6 is 0 Å². The van der Waals surface area contributed by atoms with Crippen LogP contribution in [0, 0.1) is 0 Å². The average Bonchev–Trinajstić information content (AvgIpc) is 3.12. The first-order chi connectivity index (χ1) is 15.0. The number of fused-ring (bicyclic) bond motifs is 1. The summed E-state index contributed by atoms with van der Waals surface area (Å²) in [6.07, 6.45) is 0.00286. The van der Waals surface area contributed by atoms with Crippen LogP contribution < -0.4 is 5.32 Å². The molecule has 1 atom stereocenters. The van der Waals surface area contributed by atoms with E-state index in [-0.39, 0.29) is 18.4 Å². The van der Waals surface area contributed by atoms with Crippen molar-refractivity contribution in [1.29, 1.82) is 0 Å². The highest BCUT2D eigenvalue weighted by atomic mass is 16.4. The van der Waals surface area contributed by atoms with Gasteiger partial charge in [-0.2, -0.15) is 0 Å². The van der Waals surface area contributed by atoms with E-state index in [1.54, 1.807) is 0 Å². The summed E-state index contributed by atoms with van der Waals surface area (Å²) in [5.74, 6) is -0.497. The van der Waals surface area contributed by atoms with Gasteiger partial charge in [0.2, 0.25) is 0 Å². The number of carbonyl (C=O) groups excluding carboxylic acids is 1. The second-order valence-electron chi connectivity index (χ2n) is 8.14. The number of nitrogens with zero attached hydrogens (tertiary/aromatic N) is 2. The predicted molar refractivity (Wildman–Crippen MR) is 121 cm³/mol. The van der Waals surface area contributed by atoms with Crippen molar-refractivity contribution in [3.63, 3.8) is 0 Å². The molecule has 0 bridgehead atoms. The molecule has 2 heterocycles. The third-order valence-corrected chi connectivity index (χ3v) is 5.86. The maximum Gasteiger partial charge on any atom is 0.323 e. The van der Waals surface area contributed by atoms with Gasteiger partial charge in [-0.25, -0.2) is 4.79 Å². The minimum absolute atomic E-state index is 0.00286. The van der Waals surface area contributed by atoms with Crippen LogP contribution in [0.25, 0.3) is 10.9 Å². The molecule has 3 aromatic rings. The number of para-hydroxylation sites is 1. The Morgan fingerprint density at radius 3 is 2.42 bits per heavy atom. The highest BCUT2D eigenvalue weighted by molar-refractivity contribution is 5.96. The molecule has 0 radical (unpaired) electrons. The predicted octanol–water partition coefficient (Wildman–Crippen LogP) is 4.10. The van der Waals surface area contributed by atoms with Gasteiger partial charge in [0.05, 0.1) is 6.42 Å². The molecule has 31 heavy (non-hydrogen) atoms. The van der Waals surface area contributed by atoms with Crippen molar-refractivity contribution in [2.24, 2.45) is 0 Å². The number of benzene rings is 2. The largest absolute Gasteiger partial charge is 0.481 e. The standard InChI is InChI=1S/C24H28N4O3/c1-17(15-21(29)30)22-19-9-5-6-10-20(19)25-23(22)26-24(31)28-13-11-27(12-14-28)16-18-7-3-2-4-8-18/h2-10,17,25H,11-16H2,1H3,(H,26,31)(H,29,30). The van der Waals surface area contributed by atoms with Crippen LogP contribution in [-0.4, -0.2) is 58.1 Å². The Hall–Kier alpha value is -3.32. The van der Waals surface area contributed by atoms with E-state index in [0.29, 0.717) is 18.9 Å². The molecule has 1 aromatic heterocycles. The maximum absolute atomic E-state index is 13.0. The Morgan fingerprint density at radius 1 is 1.03 bits per heavy atom. The summed E-state index contributed by atoms with van der Waals surface area (Å²) in [5.41, 5.74) is 3.00. The second-order valence-corrected chi connectivity index (χ2v) is 8.14. The lowest BCUT2D eigenvalue weighted by molar-refractivity contribution is -0.137. The number of aromatic amines is 1.